The molecule has 3 aromatic carbocycles. The molecule has 4 rings (SSSR count). The number of esters is 1. The second kappa shape index (κ2) is 10.5. The molecule has 2 amide bonds. The molecule has 188 valence electrons. The monoisotopic (exact) mass is 497 g/mol. The summed E-state index contributed by atoms with van der Waals surface area (Å²) in [6.07, 6.45) is 0.151. The van der Waals surface area contributed by atoms with Crippen molar-refractivity contribution in [3.05, 3.63) is 88.5 Å². The van der Waals surface area contributed by atoms with Crippen molar-refractivity contribution in [1.82, 2.24) is 0 Å². The number of hydrogen-bond acceptors (Lipinski definition) is 6. The van der Waals surface area contributed by atoms with Crippen molar-refractivity contribution in [2.45, 2.75) is 27.2 Å². The number of carbonyl (C=O) groups excluding carboxylic acids is 4. The molecule has 3 aromatic rings. The van der Waals surface area contributed by atoms with Crippen molar-refractivity contribution >= 4 is 51.9 Å². The molecular formula is C29H27N3O5. The minimum absolute atomic E-state index is 0.104. The number of hydrogen-bond donors (Lipinski definition) is 3. The van der Waals surface area contributed by atoms with Gasteiger partial charge in [-0.3, -0.25) is 19.2 Å². The van der Waals surface area contributed by atoms with E-state index in [1.54, 1.807) is 24.3 Å². The molecule has 1 aliphatic rings. The van der Waals surface area contributed by atoms with E-state index >= 15 is 0 Å². The third-order valence-electron chi connectivity index (χ3n) is 6.04. The number of amides is 2. The lowest BCUT2D eigenvalue weighted by atomic mass is 9.95. The van der Waals surface area contributed by atoms with Crippen molar-refractivity contribution < 1.29 is 23.9 Å². The first-order valence-corrected chi connectivity index (χ1v) is 11.7. The molecule has 0 atom stereocenters. The van der Waals surface area contributed by atoms with Crippen LogP contribution >= 0.6 is 0 Å². The number of aryl methyl sites for hydroxylation is 1. The summed E-state index contributed by atoms with van der Waals surface area (Å²) in [5.74, 6) is -0.922. The number of fused-ring (bicyclic) bond motifs is 1. The predicted molar refractivity (Wildman–Crippen MR) is 143 cm³/mol. The number of rotatable bonds is 7. The van der Waals surface area contributed by atoms with Gasteiger partial charge in [-0.05, 0) is 67.4 Å². The van der Waals surface area contributed by atoms with E-state index in [4.69, 9.17) is 4.74 Å². The molecule has 0 saturated carbocycles. The summed E-state index contributed by atoms with van der Waals surface area (Å²) >= 11 is 0. The molecule has 3 N–H and O–H groups in total. The summed E-state index contributed by atoms with van der Waals surface area (Å²) in [7, 11) is 1.35. The van der Waals surface area contributed by atoms with Crippen LogP contribution in [0.25, 0.3) is 11.3 Å². The highest BCUT2D eigenvalue weighted by Crippen LogP contribution is 2.39. The van der Waals surface area contributed by atoms with Crippen molar-refractivity contribution in [3.63, 3.8) is 0 Å². The van der Waals surface area contributed by atoms with Crippen LogP contribution in [0.5, 0.6) is 0 Å². The summed E-state index contributed by atoms with van der Waals surface area (Å²) in [5, 5.41) is 9.04. The van der Waals surface area contributed by atoms with Gasteiger partial charge in [-0.25, -0.2) is 0 Å². The number of ketones is 1. The van der Waals surface area contributed by atoms with Gasteiger partial charge in [-0.1, -0.05) is 18.2 Å². The van der Waals surface area contributed by atoms with Crippen LogP contribution < -0.4 is 16.0 Å². The zero-order chi connectivity index (χ0) is 26.7. The normalized spacial score (nSPS) is 13.4. The molecule has 1 aliphatic heterocycles. The SMILES string of the molecule is COC(=O)Cc1ccc(NC(=C2C(=O)Nc3ccc(C(C)=O)cc32)c2ccc(NC(C)=O)cc2C)cc1. The largest absolute Gasteiger partial charge is 0.469 e. The average Bonchev–Trinajstić information content (AvgIpc) is 3.18. The highest BCUT2D eigenvalue weighted by Gasteiger charge is 2.29. The fourth-order valence-electron chi connectivity index (χ4n) is 4.21. The molecular weight excluding hydrogens is 470 g/mol. The number of Topliss-reactive ketones (excluding diaryl/α,β-unsaturated/α-hetero) is 1. The van der Waals surface area contributed by atoms with E-state index < -0.39 is 0 Å². The standard InChI is InChI=1S/C29H27N3O5/c1-16-13-22(30-18(3)34)10-11-23(16)28(31-21-8-5-19(6-9-21)14-26(35)37-4)27-24-15-20(17(2)33)7-12-25(24)32-29(27)36/h5-13,15,31H,14H2,1-4H3,(H,30,34)(H,32,36). The number of nitrogens with one attached hydrogen (secondary N) is 3. The number of ether oxygens (including phenoxy) is 1. The Morgan fingerprint density at radius 3 is 2.22 bits per heavy atom. The molecule has 8 nitrogen and oxygen atoms in total. The molecule has 37 heavy (non-hydrogen) atoms. The Labute approximate surface area is 214 Å². The first-order chi connectivity index (χ1) is 17.7. The number of benzene rings is 3. The van der Waals surface area contributed by atoms with E-state index in [-0.39, 0.29) is 30.0 Å². The minimum atomic E-state index is -0.334. The number of carbonyl (C=O) groups is 4. The lowest BCUT2D eigenvalue weighted by molar-refractivity contribution is -0.139. The minimum Gasteiger partial charge on any atom is -0.469 e. The van der Waals surface area contributed by atoms with Gasteiger partial charge in [-0.15, -0.1) is 0 Å². The van der Waals surface area contributed by atoms with E-state index in [9.17, 15) is 19.2 Å². The Hall–Kier alpha value is -4.72. The van der Waals surface area contributed by atoms with Crippen molar-refractivity contribution in [2.24, 2.45) is 0 Å². The fourth-order valence-corrected chi connectivity index (χ4v) is 4.21. The molecule has 0 aromatic heterocycles. The van der Waals surface area contributed by atoms with Gasteiger partial charge in [0.05, 0.1) is 24.8 Å². The van der Waals surface area contributed by atoms with Crippen LogP contribution in [0.15, 0.2) is 60.7 Å². The summed E-state index contributed by atoms with van der Waals surface area (Å²) in [5.41, 5.74) is 6.38. The molecule has 0 spiro atoms. The smallest absolute Gasteiger partial charge is 0.309 e. The third-order valence-corrected chi connectivity index (χ3v) is 6.04. The number of anilines is 3. The topological polar surface area (TPSA) is 114 Å². The van der Waals surface area contributed by atoms with Gasteiger partial charge in [0.25, 0.3) is 5.91 Å². The third kappa shape index (κ3) is 5.59. The molecule has 0 bridgehead atoms. The van der Waals surface area contributed by atoms with Gasteiger partial charge in [0.15, 0.2) is 5.78 Å². The Morgan fingerprint density at radius 2 is 1.59 bits per heavy atom. The van der Waals surface area contributed by atoms with Gasteiger partial charge >= 0.3 is 5.97 Å². The van der Waals surface area contributed by atoms with Gasteiger partial charge in [0.2, 0.25) is 5.91 Å². The van der Waals surface area contributed by atoms with E-state index in [0.717, 1.165) is 16.7 Å². The summed E-state index contributed by atoms with van der Waals surface area (Å²) < 4.78 is 4.74. The van der Waals surface area contributed by atoms with Crippen LogP contribution in [-0.4, -0.2) is 30.7 Å². The average molecular weight is 498 g/mol. The highest BCUT2D eigenvalue weighted by molar-refractivity contribution is 6.37. The second-order valence-corrected chi connectivity index (χ2v) is 8.81. The summed E-state index contributed by atoms with van der Waals surface area (Å²) in [6, 6.07) is 17.8. The molecule has 0 radical (unpaired) electrons. The Kier molecular flexibility index (Phi) is 7.20. The lowest BCUT2D eigenvalue weighted by Gasteiger charge is -2.18. The van der Waals surface area contributed by atoms with E-state index in [0.29, 0.717) is 39.5 Å². The maximum atomic E-state index is 13.2. The highest BCUT2D eigenvalue weighted by atomic mass is 16.5. The van der Waals surface area contributed by atoms with Crippen molar-refractivity contribution in [3.8, 4) is 0 Å². The lowest BCUT2D eigenvalue weighted by Crippen LogP contribution is -2.12. The molecule has 8 heteroatoms. The molecule has 0 saturated heterocycles. The van der Waals surface area contributed by atoms with Gasteiger partial charge < -0.3 is 20.7 Å². The molecule has 0 fully saturated rings. The Morgan fingerprint density at radius 1 is 0.892 bits per heavy atom. The molecule has 0 unspecified atom stereocenters. The van der Waals surface area contributed by atoms with Crippen LogP contribution in [-0.2, 0) is 25.5 Å². The van der Waals surface area contributed by atoms with E-state index in [1.807, 2.05) is 43.3 Å². The van der Waals surface area contributed by atoms with Crippen LogP contribution in [0.4, 0.5) is 17.1 Å². The first kappa shape index (κ1) is 25.4. The zero-order valence-corrected chi connectivity index (χ0v) is 21.0. The van der Waals surface area contributed by atoms with Crippen LogP contribution in [0.1, 0.15) is 46.5 Å². The summed E-state index contributed by atoms with van der Waals surface area (Å²) in [6.45, 7) is 4.81. The van der Waals surface area contributed by atoms with E-state index in [2.05, 4.69) is 16.0 Å². The maximum Gasteiger partial charge on any atom is 0.309 e. The van der Waals surface area contributed by atoms with Crippen molar-refractivity contribution in [2.75, 3.05) is 23.1 Å². The summed E-state index contributed by atoms with van der Waals surface area (Å²) in [4.78, 5) is 48.5. The molecule has 1 heterocycles. The first-order valence-electron chi connectivity index (χ1n) is 11.7. The van der Waals surface area contributed by atoms with Crippen LogP contribution in [0, 0.1) is 6.92 Å². The second-order valence-electron chi connectivity index (χ2n) is 8.81. The number of methoxy groups -OCH3 is 1. The van der Waals surface area contributed by atoms with Crippen LogP contribution in [0.2, 0.25) is 0 Å². The van der Waals surface area contributed by atoms with Gasteiger partial charge in [0, 0.05) is 40.7 Å². The quantitative estimate of drug-likeness (QED) is 0.245. The predicted octanol–water partition coefficient (Wildman–Crippen LogP) is 4.80. The Balaban J connectivity index is 1.84. The van der Waals surface area contributed by atoms with Crippen LogP contribution in [0.3, 0.4) is 0 Å². The molecule has 0 aliphatic carbocycles. The van der Waals surface area contributed by atoms with Gasteiger partial charge in [0.1, 0.15) is 0 Å². The van der Waals surface area contributed by atoms with E-state index in [1.165, 1.54) is 21.0 Å². The van der Waals surface area contributed by atoms with Gasteiger partial charge in [-0.2, -0.15) is 0 Å². The van der Waals surface area contributed by atoms with Crippen molar-refractivity contribution in [1.29, 1.82) is 0 Å². The fraction of sp³-hybridized carbons (Fsp3) is 0.172. The maximum absolute atomic E-state index is 13.2. The zero-order valence-electron chi connectivity index (χ0n) is 21.0. The Bertz CT molecular complexity index is 1450.